The summed E-state index contributed by atoms with van der Waals surface area (Å²) in [4.78, 5) is 4.51. The minimum Gasteiger partial charge on any atom is -0.506 e. The largest absolute Gasteiger partial charge is 0.506 e. The summed E-state index contributed by atoms with van der Waals surface area (Å²) in [5, 5.41) is 10.8. The second-order valence-corrected chi connectivity index (χ2v) is 4.23. The topological polar surface area (TPSA) is 42.4 Å². The molecule has 3 heteroatoms. The number of aromatic nitrogens is 1. The number of nitrogens with zero attached hydrogens (tertiary/aromatic N) is 1. The monoisotopic (exact) mass is 215 g/mol. The summed E-state index contributed by atoms with van der Waals surface area (Å²) in [6.07, 6.45) is 2.28. The van der Waals surface area contributed by atoms with E-state index in [-0.39, 0.29) is 0 Å². The lowest BCUT2D eigenvalue weighted by molar-refractivity contribution is 0.415. The van der Waals surface area contributed by atoms with Gasteiger partial charge in [-0.05, 0) is 37.1 Å². The van der Waals surface area contributed by atoms with Gasteiger partial charge in [0.1, 0.15) is 11.5 Å². The van der Waals surface area contributed by atoms with Gasteiger partial charge in [-0.25, -0.2) is 4.98 Å². The molecule has 0 bridgehead atoms. The van der Waals surface area contributed by atoms with E-state index in [0.29, 0.717) is 11.7 Å². The highest BCUT2D eigenvalue weighted by Crippen LogP contribution is 2.43. The van der Waals surface area contributed by atoms with Crippen molar-refractivity contribution in [2.75, 3.05) is 7.11 Å². The average Bonchev–Trinajstić information content (AvgIpc) is 3.11. The zero-order valence-corrected chi connectivity index (χ0v) is 9.10. The van der Waals surface area contributed by atoms with Crippen LogP contribution in [-0.2, 0) is 0 Å². The molecule has 3 rings (SSSR count). The van der Waals surface area contributed by atoms with Crippen LogP contribution in [0, 0.1) is 0 Å². The summed E-state index contributed by atoms with van der Waals surface area (Å²) >= 11 is 0. The molecule has 0 unspecified atom stereocenters. The van der Waals surface area contributed by atoms with Gasteiger partial charge in [0.05, 0.1) is 18.3 Å². The Hall–Kier alpha value is -1.77. The third kappa shape index (κ3) is 1.48. The molecule has 0 aliphatic heterocycles. The first-order valence-corrected chi connectivity index (χ1v) is 5.45. The maximum Gasteiger partial charge on any atom is 0.138 e. The van der Waals surface area contributed by atoms with Crippen LogP contribution < -0.4 is 4.74 Å². The molecule has 1 aromatic heterocycles. The molecule has 0 radical (unpaired) electrons. The van der Waals surface area contributed by atoms with Crippen molar-refractivity contribution < 1.29 is 9.84 Å². The van der Waals surface area contributed by atoms with Crippen molar-refractivity contribution in [3.63, 3.8) is 0 Å². The van der Waals surface area contributed by atoms with Crippen molar-refractivity contribution in [1.29, 1.82) is 0 Å². The molecule has 82 valence electrons. The Kier molecular flexibility index (Phi) is 1.99. The van der Waals surface area contributed by atoms with E-state index < -0.39 is 0 Å². The van der Waals surface area contributed by atoms with E-state index in [2.05, 4.69) is 4.98 Å². The molecular formula is C13H13NO2. The van der Waals surface area contributed by atoms with Crippen LogP contribution in [0.4, 0.5) is 0 Å². The van der Waals surface area contributed by atoms with Gasteiger partial charge >= 0.3 is 0 Å². The van der Waals surface area contributed by atoms with E-state index in [1.165, 1.54) is 0 Å². The van der Waals surface area contributed by atoms with Crippen molar-refractivity contribution in [3.05, 3.63) is 30.0 Å². The maximum absolute atomic E-state index is 9.88. The number of pyridine rings is 1. The van der Waals surface area contributed by atoms with Crippen LogP contribution in [0.3, 0.4) is 0 Å². The first-order valence-electron chi connectivity index (χ1n) is 5.45. The fourth-order valence-electron chi connectivity index (χ4n) is 1.94. The standard InChI is InChI=1S/C13H13NO2/c1-16-10-4-5-11-9(6-10)7-12(15)13(14-11)8-2-3-8/h4-8,15H,2-3H2,1H3. The van der Waals surface area contributed by atoms with Gasteiger partial charge in [-0.2, -0.15) is 0 Å². The zero-order valence-electron chi connectivity index (χ0n) is 9.10. The third-order valence-electron chi connectivity index (χ3n) is 2.99. The summed E-state index contributed by atoms with van der Waals surface area (Å²) in [5.74, 6) is 1.56. The Morgan fingerprint density at radius 2 is 2.12 bits per heavy atom. The maximum atomic E-state index is 9.88. The number of rotatable bonds is 2. The smallest absolute Gasteiger partial charge is 0.138 e. The number of hydrogen-bond acceptors (Lipinski definition) is 3. The minimum atomic E-state index is 0.309. The molecular weight excluding hydrogens is 202 g/mol. The number of fused-ring (bicyclic) bond motifs is 1. The predicted molar refractivity (Wildman–Crippen MR) is 61.9 cm³/mol. The number of methoxy groups -OCH3 is 1. The van der Waals surface area contributed by atoms with Gasteiger partial charge in [0.15, 0.2) is 0 Å². The van der Waals surface area contributed by atoms with Crippen molar-refractivity contribution >= 4 is 10.9 Å². The lowest BCUT2D eigenvalue weighted by Crippen LogP contribution is -1.90. The highest BCUT2D eigenvalue weighted by molar-refractivity contribution is 5.82. The van der Waals surface area contributed by atoms with Crippen LogP contribution >= 0.6 is 0 Å². The zero-order chi connectivity index (χ0) is 11.1. The van der Waals surface area contributed by atoms with E-state index in [1.807, 2.05) is 18.2 Å². The number of ether oxygens (including phenoxy) is 1. The Morgan fingerprint density at radius 3 is 2.81 bits per heavy atom. The van der Waals surface area contributed by atoms with E-state index in [1.54, 1.807) is 13.2 Å². The van der Waals surface area contributed by atoms with Crippen LogP contribution in [0.5, 0.6) is 11.5 Å². The van der Waals surface area contributed by atoms with Crippen molar-refractivity contribution in [2.45, 2.75) is 18.8 Å². The highest BCUT2D eigenvalue weighted by Gasteiger charge is 2.28. The fraction of sp³-hybridized carbons (Fsp3) is 0.308. The normalized spacial score (nSPS) is 15.3. The van der Waals surface area contributed by atoms with Gasteiger partial charge in [0, 0.05) is 11.3 Å². The molecule has 1 heterocycles. The summed E-state index contributed by atoms with van der Waals surface area (Å²) in [7, 11) is 1.63. The molecule has 0 spiro atoms. The van der Waals surface area contributed by atoms with Gasteiger partial charge in [0.2, 0.25) is 0 Å². The van der Waals surface area contributed by atoms with Crippen molar-refractivity contribution in [3.8, 4) is 11.5 Å². The Balaban J connectivity index is 2.18. The first-order chi connectivity index (χ1) is 7.78. The average molecular weight is 215 g/mol. The molecule has 0 amide bonds. The minimum absolute atomic E-state index is 0.309. The predicted octanol–water partition coefficient (Wildman–Crippen LogP) is 2.83. The lowest BCUT2D eigenvalue weighted by Gasteiger charge is -2.06. The Labute approximate surface area is 93.7 Å². The summed E-state index contributed by atoms with van der Waals surface area (Å²) < 4.78 is 5.14. The molecule has 16 heavy (non-hydrogen) atoms. The molecule has 1 aliphatic carbocycles. The summed E-state index contributed by atoms with van der Waals surface area (Å²) in [6.45, 7) is 0. The molecule has 1 fully saturated rings. The van der Waals surface area contributed by atoms with Gasteiger partial charge in [0.25, 0.3) is 0 Å². The summed E-state index contributed by atoms with van der Waals surface area (Å²) in [6, 6.07) is 7.49. The molecule has 1 saturated carbocycles. The molecule has 2 aromatic rings. The Morgan fingerprint density at radius 1 is 1.31 bits per heavy atom. The molecule has 1 aliphatic rings. The second kappa shape index (κ2) is 3.37. The summed E-state index contributed by atoms with van der Waals surface area (Å²) in [5.41, 5.74) is 1.76. The third-order valence-corrected chi connectivity index (χ3v) is 2.99. The first kappa shape index (κ1) is 9.46. The van der Waals surface area contributed by atoms with Gasteiger partial charge < -0.3 is 9.84 Å². The van der Waals surface area contributed by atoms with Crippen LogP contribution in [0.15, 0.2) is 24.3 Å². The highest BCUT2D eigenvalue weighted by atomic mass is 16.5. The van der Waals surface area contributed by atoms with Gasteiger partial charge in [-0.15, -0.1) is 0 Å². The van der Waals surface area contributed by atoms with E-state index >= 15 is 0 Å². The van der Waals surface area contributed by atoms with Crippen LogP contribution in [0.25, 0.3) is 10.9 Å². The van der Waals surface area contributed by atoms with Crippen LogP contribution in [0.1, 0.15) is 24.5 Å². The molecule has 1 aromatic carbocycles. The van der Waals surface area contributed by atoms with Crippen molar-refractivity contribution in [2.24, 2.45) is 0 Å². The van der Waals surface area contributed by atoms with Gasteiger partial charge in [-0.1, -0.05) is 0 Å². The number of benzene rings is 1. The van der Waals surface area contributed by atoms with Crippen LogP contribution in [0.2, 0.25) is 0 Å². The van der Waals surface area contributed by atoms with Crippen molar-refractivity contribution in [1.82, 2.24) is 4.98 Å². The van der Waals surface area contributed by atoms with Gasteiger partial charge in [-0.3, -0.25) is 0 Å². The Bertz CT molecular complexity index is 547. The van der Waals surface area contributed by atoms with E-state index in [9.17, 15) is 5.11 Å². The number of aromatic hydroxyl groups is 1. The fourth-order valence-corrected chi connectivity index (χ4v) is 1.94. The molecule has 0 atom stereocenters. The van der Waals surface area contributed by atoms with E-state index in [4.69, 9.17) is 4.74 Å². The molecule has 3 nitrogen and oxygen atoms in total. The SMILES string of the molecule is COc1ccc2nc(C3CC3)c(O)cc2c1. The van der Waals surface area contributed by atoms with E-state index in [0.717, 1.165) is 35.2 Å². The second-order valence-electron chi connectivity index (χ2n) is 4.23. The number of hydrogen-bond donors (Lipinski definition) is 1. The molecule has 0 saturated heterocycles. The lowest BCUT2D eigenvalue weighted by atomic mass is 10.1. The molecule has 1 N–H and O–H groups in total. The quantitative estimate of drug-likeness (QED) is 0.837. The van der Waals surface area contributed by atoms with Crippen LogP contribution in [-0.4, -0.2) is 17.2 Å².